The van der Waals surface area contributed by atoms with E-state index >= 15 is 0 Å². The van der Waals surface area contributed by atoms with E-state index in [0.717, 1.165) is 0 Å². The van der Waals surface area contributed by atoms with Gasteiger partial charge in [0.15, 0.2) is 0 Å². The number of fused-ring (bicyclic) bond motifs is 1. The molecule has 0 unspecified atom stereocenters. The molecule has 3 aromatic rings. The van der Waals surface area contributed by atoms with Crippen molar-refractivity contribution in [2.45, 2.75) is 19.9 Å². The molecule has 0 fully saturated rings. The fraction of sp³-hybridized carbons (Fsp3) is 0.250. The van der Waals surface area contributed by atoms with Crippen LogP contribution in [0, 0.1) is 0 Å². The number of rotatable bonds is 6. The molecule has 3 rings (SSSR count). The van der Waals surface area contributed by atoms with Gasteiger partial charge in [-0.05, 0) is 24.3 Å². The highest BCUT2D eigenvalue weighted by molar-refractivity contribution is 5.92. The number of para-hydroxylation sites is 1. The Morgan fingerprint density at radius 2 is 1.93 bits per heavy atom. The molecule has 0 aliphatic carbocycles. The maximum absolute atomic E-state index is 12.8. The molecule has 0 saturated heterocycles. The molecule has 27 heavy (non-hydrogen) atoms. The zero-order chi connectivity index (χ0) is 19.4. The molecule has 140 valence electrons. The van der Waals surface area contributed by atoms with E-state index in [2.05, 4.69) is 10.3 Å². The first kappa shape index (κ1) is 18.4. The second-order valence-electron chi connectivity index (χ2n) is 5.90. The van der Waals surface area contributed by atoms with Crippen LogP contribution in [0.4, 0.5) is 5.69 Å². The molecular weight excluding hydrogens is 346 g/mol. The number of amides is 1. The lowest BCUT2D eigenvalue weighted by molar-refractivity contribution is -0.116. The van der Waals surface area contributed by atoms with Gasteiger partial charge >= 0.3 is 0 Å². The summed E-state index contributed by atoms with van der Waals surface area (Å²) in [6.45, 7) is 1.76. The summed E-state index contributed by atoms with van der Waals surface area (Å²) in [5.74, 6) is 1.30. The highest BCUT2D eigenvalue weighted by Crippen LogP contribution is 2.28. The van der Waals surface area contributed by atoms with Crippen molar-refractivity contribution in [2.24, 2.45) is 0 Å². The van der Waals surface area contributed by atoms with Crippen molar-refractivity contribution >= 4 is 22.5 Å². The van der Waals surface area contributed by atoms with Crippen LogP contribution in [0.3, 0.4) is 0 Å². The minimum atomic E-state index is -0.351. The van der Waals surface area contributed by atoms with Gasteiger partial charge in [-0.2, -0.15) is 0 Å². The monoisotopic (exact) mass is 367 g/mol. The Hall–Kier alpha value is -3.35. The van der Waals surface area contributed by atoms with Gasteiger partial charge in [-0.25, -0.2) is 4.98 Å². The maximum atomic E-state index is 12.8. The third-order valence-corrected chi connectivity index (χ3v) is 4.24. The Labute approximate surface area is 156 Å². The lowest BCUT2D eigenvalue weighted by atomic mass is 10.2. The number of anilines is 1. The molecule has 0 bridgehead atoms. The zero-order valence-corrected chi connectivity index (χ0v) is 15.5. The largest absolute Gasteiger partial charge is 0.497 e. The van der Waals surface area contributed by atoms with Gasteiger partial charge in [0.05, 0.1) is 30.8 Å². The summed E-state index contributed by atoms with van der Waals surface area (Å²) >= 11 is 0. The third kappa shape index (κ3) is 3.76. The van der Waals surface area contributed by atoms with E-state index in [-0.39, 0.29) is 18.0 Å². The Bertz CT molecular complexity index is 1040. The lowest BCUT2D eigenvalue weighted by Crippen LogP contribution is -2.31. The number of benzene rings is 2. The van der Waals surface area contributed by atoms with E-state index in [9.17, 15) is 9.59 Å². The van der Waals surface area contributed by atoms with Gasteiger partial charge in [-0.15, -0.1) is 0 Å². The molecule has 7 nitrogen and oxygen atoms in total. The molecule has 0 aliphatic heterocycles. The first-order valence-electron chi connectivity index (χ1n) is 8.57. The molecule has 0 aliphatic rings. The van der Waals surface area contributed by atoms with Crippen molar-refractivity contribution in [1.82, 2.24) is 9.55 Å². The summed E-state index contributed by atoms with van der Waals surface area (Å²) < 4.78 is 11.9. The molecule has 0 saturated carbocycles. The fourth-order valence-electron chi connectivity index (χ4n) is 2.89. The number of nitrogens with zero attached hydrogens (tertiary/aromatic N) is 2. The van der Waals surface area contributed by atoms with Crippen molar-refractivity contribution in [1.29, 1.82) is 0 Å². The van der Waals surface area contributed by atoms with Crippen molar-refractivity contribution in [3.63, 3.8) is 0 Å². The summed E-state index contributed by atoms with van der Waals surface area (Å²) in [5, 5.41) is 3.27. The zero-order valence-electron chi connectivity index (χ0n) is 15.5. The van der Waals surface area contributed by atoms with Crippen molar-refractivity contribution in [3.8, 4) is 11.5 Å². The van der Waals surface area contributed by atoms with E-state index in [1.54, 1.807) is 43.5 Å². The summed E-state index contributed by atoms with van der Waals surface area (Å²) in [6.07, 6.45) is 0.538. The van der Waals surface area contributed by atoms with Crippen LogP contribution in [-0.2, 0) is 17.8 Å². The van der Waals surface area contributed by atoms with E-state index < -0.39 is 0 Å². The van der Waals surface area contributed by atoms with Crippen LogP contribution in [-0.4, -0.2) is 29.7 Å². The fourth-order valence-corrected chi connectivity index (χ4v) is 2.89. The summed E-state index contributed by atoms with van der Waals surface area (Å²) in [5.41, 5.74) is 0.873. The minimum absolute atomic E-state index is 0.139. The average molecular weight is 367 g/mol. The van der Waals surface area contributed by atoms with Gasteiger partial charge in [0.1, 0.15) is 23.9 Å². The predicted octanol–water partition coefficient (Wildman–Crippen LogP) is 2.61. The van der Waals surface area contributed by atoms with Crippen LogP contribution in [0.2, 0.25) is 0 Å². The molecule has 1 N–H and O–H groups in total. The second-order valence-corrected chi connectivity index (χ2v) is 5.90. The van der Waals surface area contributed by atoms with Gasteiger partial charge in [-0.1, -0.05) is 19.1 Å². The topological polar surface area (TPSA) is 82.5 Å². The number of nitrogens with one attached hydrogen (secondary N) is 1. The Balaban J connectivity index is 1.93. The Kier molecular flexibility index (Phi) is 5.40. The number of hydrogen-bond donors (Lipinski definition) is 1. The maximum Gasteiger partial charge on any atom is 0.261 e. The first-order chi connectivity index (χ1) is 13.1. The van der Waals surface area contributed by atoms with Gasteiger partial charge in [0, 0.05) is 12.5 Å². The standard InChI is InChI=1S/C20H21N3O4/c1-4-18-21-15-8-6-5-7-14(15)20(25)23(18)12-19(24)22-16-11-13(26-2)9-10-17(16)27-3/h5-11H,4,12H2,1-3H3,(H,22,24). The van der Waals surface area contributed by atoms with Crippen LogP contribution < -0.4 is 20.3 Å². The normalized spacial score (nSPS) is 10.6. The van der Waals surface area contributed by atoms with Crippen molar-refractivity contribution in [2.75, 3.05) is 19.5 Å². The van der Waals surface area contributed by atoms with Crippen LogP contribution in [0.1, 0.15) is 12.7 Å². The lowest BCUT2D eigenvalue weighted by Gasteiger charge is -2.14. The molecular formula is C20H21N3O4. The number of carbonyl (C=O) groups excluding carboxylic acids is 1. The summed E-state index contributed by atoms with van der Waals surface area (Å²) in [7, 11) is 3.06. The quantitative estimate of drug-likeness (QED) is 0.724. The third-order valence-electron chi connectivity index (χ3n) is 4.24. The summed E-state index contributed by atoms with van der Waals surface area (Å²) in [6, 6.07) is 12.2. The highest BCUT2D eigenvalue weighted by Gasteiger charge is 2.15. The highest BCUT2D eigenvalue weighted by atomic mass is 16.5. The molecule has 0 radical (unpaired) electrons. The molecule has 0 atom stereocenters. The van der Waals surface area contributed by atoms with Gasteiger partial charge in [0.25, 0.3) is 5.56 Å². The van der Waals surface area contributed by atoms with Crippen LogP contribution in [0.5, 0.6) is 11.5 Å². The van der Waals surface area contributed by atoms with E-state index in [1.807, 2.05) is 13.0 Å². The first-order valence-corrected chi connectivity index (χ1v) is 8.57. The average Bonchev–Trinajstić information content (AvgIpc) is 2.69. The van der Waals surface area contributed by atoms with Gasteiger partial charge in [0.2, 0.25) is 5.91 Å². The number of aryl methyl sites for hydroxylation is 1. The van der Waals surface area contributed by atoms with Crippen LogP contribution in [0.15, 0.2) is 47.3 Å². The van der Waals surface area contributed by atoms with Gasteiger partial charge in [-0.3, -0.25) is 14.2 Å². The SMILES string of the molecule is CCc1nc2ccccc2c(=O)n1CC(=O)Nc1cc(OC)ccc1OC. The second kappa shape index (κ2) is 7.90. The van der Waals surface area contributed by atoms with Crippen LogP contribution in [0.25, 0.3) is 10.9 Å². The number of methoxy groups -OCH3 is 2. The molecule has 1 heterocycles. The minimum Gasteiger partial charge on any atom is -0.497 e. The number of aromatic nitrogens is 2. The van der Waals surface area contributed by atoms with E-state index in [0.29, 0.717) is 40.3 Å². The van der Waals surface area contributed by atoms with Crippen molar-refractivity contribution < 1.29 is 14.3 Å². The van der Waals surface area contributed by atoms with Gasteiger partial charge < -0.3 is 14.8 Å². The van der Waals surface area contributed by atoms with Crippen molar-refractivity contribution in [3.05, 3.63) is 58.6 Å². The number of carbonyl (C=O) groups is 1. The Morgan fingerprint density at radius 3 is 2.63 bits per heavy atom. The smallest absolute Gasteiger partial charge is 0.261 e. The number of hydrogen-bond acceptors (Lipinski definition) is 5. The van der Waals surface area contributed by atoms with E-state index in [1.165, 1.54) is 11.7 Å². The van der Waals surface area contributed by atoms with E-state index in [4.69, 9.17) is 9.47 Å². The van der Waals surface area contributed by atoms with Crippen LogP contribution >= 0.6 is 0 Å². The number of ether oxygens (including phenoxy) is 2. The molecule has 1 amide bonds. The predicted molar refractivity (Wildman–Crippen MR) is 104 cm³/mol. The molecule has 7 heteroatoms. The molecule has 2 aromatic carbocycles. The summed E-state index contributed by atoms with van der Waals surface area (Å²) in [4.78, 5) is 29.9. The Morgan fingerprint density at radius 1 is 1.15 bits per heavy atom. The molecule has 0 spiro atoms. The molecule has 1 aromatic heterocycles.